The molecule has 1 aromatic rings. The van der Waals surface area contributed by atoms with E-state index in [0.717, 1.165) is 11.1 Å². The number of cyclic esters (lactones) is 1. The van der Waals surface area contributed by atoms with E-state index in [4.69, 9.17) is 34.3 Å². The van der Waals surface area contributed by atoms with Gasteiger partial charge in [-0.3, -0.25) is 9.59 Å². The summed E-state index contributed by atoms with van der Waals surface area (Å²) in [6.45, 7) is 11.8. The zero-order valence-electron chi connectivity index (χ0n) is 40.1. The molecule has 3 heterocycles. The van der Waals surface area contributed by atoms with E-state index in [-0.39, 0.29) is 56.3 Å². The van der Waals surface area contributed by atoms with Crippen molar-refractivity contribution in [1.29, 1.82) is 0 Å². The van der Waals surface area contributed by atoms with E-state index >= 15 is 0 Å². The highest BCUT2D eigenvalue weighted by Crippen LogP contribution is 2.39. The molecule has 2 bridgehead atoms. The predicted octanol–water partition coefficient (Wildman–Crippen LogP) is 6.06. The topological polar surface area (TPSA) is 209 Å². The van der Waals surface area contributed by atoms with Crippen LogP contribution in [0.5, 0.6) is 0 Å². The van der Waals surface area contributed by atoms with Crippen molar-refractivity contribution in [3.8, 4) is 0 Å². The van der Waals surface area contributed by atoms with E-state index in [0.29, 0.717) is 68.3 Å². The molecule has 1 aromatic carbocycles. The molecule has 1 saturated carbocycles. The number of methoxy groups -OCH3 is 3. The van der Waals surface area contributed by atoms with Crippen molar-refractivity contribution >= 4 is 29.1 Å². The highest BCUT2D eigenvalue weighted by Gasteiger charge is 2.56. The van der Waals surface area contributed by atoms with Crippen LogP contribution in [0.25, 0.3) is 0 Å². The number of fused-ring (bicyclic) bond motifs is 3. The van der Waals surface area contributed by atoms with Gasteiger partial charge in [0.1, 0.15) is 24.9 Å². The quantitative estimate of drug-likeness (QED) is 0.0732. The summed E-state index contributed by atoms with van der Waals surface area (Å²) in [5, 5.41) is 39.7. The van der Waals surface area contributed by atoms with Crippen molar-refractivity contribution in [2.24, 2.45) is 34.7 Å². The summed E-state index contributed by atoms with van der Waals surface area (Å²) in [5.41, 5.74) is 9.84. The zero-order valence-corrected chi connectivity index (χ0v) is 40.1. The van der Waals surface area contributed by atoms with Gasteiger partial charge in [0.05, 0.1) is 36.2 Å². The van der Waals surface area contributed by atoms with Crippen LogP contribution in [0, 0.1) is 29.6 Å². The first-order valence-electron chi connectivity index (χ1n) is 23.7. The standard InChI is InChI=1S/C50H77N3O12/c1-10-36-22-29(2)21-30(3)23-43(61-8)46-44(62-9)25-32(5)50(59,65-46)47(56)48(57)53-20-12-11-13-39(53)49(58)64-45(31(4)24-35-16-19-40(54)42(26-35)60-7)33(6)41(55)27-38(36)52-63-28-34-14-17-37(51)18-15-34/h14-15,17-18,22,24,30,32-33,35-36,39-46,54-55,59H,10-13,16,19-21,23,25-28,51H2,1-9H3/b29-22+,31-24+,52-38-/t30-,32+,33+,35-,36+,39-,40+,41-,42+,43-,44-,45+,46+,50+/m0/s1. The summed E-state index contributed by atoms with van der Waals surface area (Å²) in [4.78, 5) is 50.6. The summed E-state index contributed by atoms with van der Waals surface area (Å²) < 4.78 is 30.2. The van der Waals surface area contributed by atoms with Crippen molar-refractivity contribution < 1.29 is 58.2 Å². The fourth-order valence-electron chi connectivity index (χ4n) is 10.3. The number of ketones is 1. The molecule has 0 aromatic heterocycles. The molecule has 65 heavy (non-hydrogen) atoms. The highest BCUT2D eigenvalue weighted by atomic mass is 16.7. The van der Waals surface area contributed by atoms with Crippen molar-refractivity contribution in [1.82, 2.24) is 4.90 Å². The molecule has 1 aliphatic carbocycles. The molecule has 5 N–H and O–H groups in total. The largest absolute Gasteiger partial charge is 0.456 e. The number of nitrogen functional groups attached to an aromatic ring is 1. The van der Waals surface area contributed by atoms with Crippen molar-refractivity contribution in [2.75, 3.05) is 33.6 Å². The van der Waals surface area contributed by atoms with Crippen molar-refractivity contribution in [3.63, 3.8) is 0 Å². The zero-order chi connectivity index (χ0) is 47.6. The molecule has 2 saturated heterocycles. The predicted molar refractivity (Wildman–Crippen MR) is 246 cm³/mol. The number of aliphatic hydroxyl groups excluding tert-OH is 2. The average molecular weight is 912 g/mol. The lowest BCUT2D eigenvalue weighted by atomic mass is 9.81. The number of oxime groups is 1. The maximum absolute atomic E-state index is 14.6. The van der Waals surface area contributed by atoms with Crippen LogP contribution in [-0.4, -0.2) is 126 Å². The monoisotopic (exact) mass is 912 g/mol. The molecule has 0 spiro atoms. The minimum Gasteiger partial charge on any atom is -0.456 e. The number of rotatable bonds is 9. The maximum Gasteiger partial charge on any atom is 0.329 e. The van der Waals surface area contributed by atoms with E-state index in [1.807, 2.05) is 32.1 Å². The number of piperidine rings is 1. The van der Waals surface area contributed by atoms with E-state index in [1.165, 1.54) is 4.90 Å². The number of ether oxygens (including phenoxy) is 5. The first-order chi connectivity index (χ1) is 30.9. The number of benzene rings is 1. The van der Waals surface area contributed by atoms with E-state index in [2.05, 4.69) is 32.0 Å². The molecule has 14 atom stereocenters. The number of Topliss-reactive ketones (excluding diaryl/α,β-unsaturated/α-hetero) is 1. The Labute approximate surface area is 386 Å². The molecule has 3 fully saturated rings. The van der Waals surface area contributed by atoms with Gasteiger partial charge in [0.25, 0.3) is 11.7 Å². The van der Waals surface area contributed by atoms with E-state index in [9.17, 15) is 29.7 Å². The molecule has 15 nitrogen and oxygen atoms in total. The number of aliphatic hydroxyl groups is 3. The summed E-state index contributed by atoms with van der Waals surface area (Å²) in [6.07, 6.45) is 4.47. The summed E-state index contributed by atoms with van der Waals surface area (Å²) >= 11 is 0. The van der Waals surface area contributed by atoms with Crippen molar-refractivity contribution in [3.05, 3.63) is 53.1 Å². The Morgan fingerprint density at radius 3 is 2.26 bits per heavy atom. The van der Waals surface area contributed by atoms with E-state index in [1.54, 1.807) is 40.4 Å². The number of hydrogen-bond donors (Lipinski definition) is 4. The van der Waals surface area contributed by atoms with E-state index < -0.39 is 77.9 Å². The molecule has 1 amide bonds. The third-order valence-electron chi connectivity index (χ3n) is 14.3. The Morgan fingerprint density at radius 2 is 1.60 bits per heavy atom. The van der Waals surface area contributed by atoms with Gasteiger partial charge in [-0.15, -0.1) is 0 Å². The Bertz CT molecular complexity index is 1840. The number of esters is 1. The smallest absolute Gasteiger partial charge is 0.329 e. The molecular formula is C50H77N3O12. The van der Waals surface area contributed by atoms with Gasteiger partial charge >= 0.3 is 5.97 Å². The van der Waals surface area contributed by atoms with Crippen LogP contribution in [0.15, 0.2) is 52.7 Å². The van der Waals surface area contributed by atoms with Crippen LogP contribution in [0.1, 0.15) is 118 Å². The lowest BCUT2D eigenvalue weighted by Crippen LogP contribution is -2.64. The lowest BCUT2D eigenvalue weighted by Gasteiger charge is -2.47. The second kappa shape index (κ2) is 23.8. The average Bonchev–Trinajstić information content (AvgIpc) is 3.29. The van der Waals surface area contributed by atoms with Gasteiger partial charge in [0, 0.05) is 57.7 Å². The van der Waals surface area contributed by atoms with Gasteiger partial charge in [0.15, 0.2) is 0 Å². The summed E-state index contributed by atoms with van der Waals surface area (Å²) in [6, 6.07) is 6.22. The Balaban J connectivity index is 1.58. The molecule has 4 aliphatic rings. The fraction of sp³-hybridized carbons (Fsp3) is 0.720. The van der Waals surface area contributed by atoms with Crippen LogP contribution < -0.4 is 5.73 Å². The van der Waals surface area contributed by atoms with Crippen LogP contribution in [0.4, 0.5) is 5.69 Å². The first-order valence-corrected chi connectivity index (χ1v) is 23.7. The number of carbonyl (C=O) groups excluding carboxylic acids is 3. The van der Waals surface area contributed by atoms with Crippen LogP contribution >= 0.6 is 0 Å². The third-order valence-corrected chi connectivity index (χ3v) is 14.3. The first kappa shape index (κ1) is 52.3. The number of amides is 1. The number of nitrogens with zero attached hydrogens (tertiary/aromatic N) is 2. The number of allylic oxidation sites excluding steroid dienone is 3. The van der Waals surface area contributed by atoms with Gasteiger partial charge in [-0.1, -0.05) is 62.7 Å². The van der Waals surface area contributed by atoms with Gasteiger partial charge in [-0.25, -0.2) is 4.79 Å². The Kier molecular flexibility index (Phi) is 19.2. The number of hydrogen-bond acceptors (Lipinski definition) is 14. The molecule has 0 radical (unpaired) electrons. The minimum atomic E-state index is -2.51. The minimum absolute atomic E-state index is 0.00165. The normalized spacial score (nSPS) is 38.0. The van der Waals surface area contributed by atoms with Gasteiger partial charge in [0.2, 0.25) is 5.79 Å². The number of carbonyl (C=O) groups is 3. The van der Waals surface area contributed by atoms with Crippen molar-refractivity contribution in [2.45, 2.75) is 173 Å². The van der Waals surface area contributed by atoms with Gasteiger partial charge < -0.3 is 54.5 Å². The highest BCUT2D eigenvalue weighted by molar-refractivity contribution is 6.39. The molecule has 0 unspecified atom stereocenters. The second-order valence-corrected chi connectivity index (χ2v) is 19.3. The SMILES string of the molecule is CC[C@@H]1/C=C(\C)C[C@H](C)C[C@H](OC)[C@H]2O[C@@](O)(C(=O)C(=O)N3CCCC[C@H]3C(=O)O[C@H](/C(C)=C/[C@@H]3CC[C@@H](O)[C@H](OC)C3)[C@H](C)[C@@H](O)C/C1=N/OCc1ccc(N)cc1)[C@H](C)C[C@@H]2OC. The molecule has 364 valence electrons. The van der Waals surface area contributed by atoms with Crippen LogP contribution in [0.3, 0.4) is 0 Å². The second-order valence-electron chi connectivity index (χ2n) is 19.3. The van der Waals surface area contributed by atoms with Gasteiger partial charge in [-0.05, 0) is 113 Å². The maximum atomic E-state index is 14.6. The molecular weight excluding hydrogens is 835 g/mol. The number of anilines is 1. The molecule has 15 heteroatoms. The lowest BCUT2D eigenvalue weighted by molar-refractivity contribution is -0.302. The van der Waals surface area contributed by atoms with Gasteiger partial charge in [-0.2, -0.15) is 0 Å². The summed E-state index contributed by atoms with van der Waals surface area (Å²) in [7, 11) is 4.68. The molecule has 3 aliphatic heterocycles. The number of nitrogens with two attached hydrogens (primary N) is 1. The van der Waals surface area contributed by atoms with Crippen LogP contribution in [-0.2, 0) is 49.5 Å². The Hall–Kier alpha value is -3.70. The fourth-order valence-corrected chi connectivity index (χ4v) is 10.3. The summed E-state index contributed by atoms with van der Waals surface area (Å²) in [5.74, 6) is -7.09. The third kappa shape index (κ3) is 13.1. The molecule has 5 rings (SSSR count). The van der Waals surface area contributed by atoms with Crippen LogP contribution in [0.2, 0.25) is 0 Å². The Morgan fingerprint density at radius 1 is 0.923 bits per heavy atom.